The zero-order valence-corrected chi connectivity index (χ0v) is 19.4. The highest BCUT2D eigenvalue weighted by atomic mass is 32.2. The van der Waals surface area contributed by atoms with Gasteiger partial charge in [0.2, 0.25) is 5.89 Å². The second-order valence-electron chi connectivity index (χ2n) is 8.31. The van der Waals surface area contributed by atoms with Crippen LogP contribution < -0.4 is 9.84 Å². The number of nitrogens with zero attached hydrogens (tertiary/aromatic N) is 1. The molecule has 1 aromatic heterocycles. The molecule has 0 amide bonds. The number of carboxylic acid groups (broad SMARTS) is 1. The monoisotopic (exact) mass is 470 g/mol. The van der Waals surface area contributed by atoms with Crippen LogP contribution >= 0.6 is 11.8 Å². The summed E-state index contributed by atoms with van der Waals surface area (Å²) in [6, 6.07) is 27.9. The molecular formula is C28H24NO4S-. The lowest BCUT2D eigenvalue weighted by Crippen LogP contribution is -2.28. The van der Waals surface area contributed by atoms with Crippen LogP contribution in [0, 0.1) is 5.92 Å². The van der Waals surface area contributed by atoms with E-state index in [-0.39, 0.29) is 5.25 Å². The van der Waals surface area contributed by atoms with Crippen molar-refractivity contribution in [2.75, 3.05) is 12.4 Å². The standard InChI is InChI=1S/C28H25NO4S/c30-24(31)18-32-23-13-7-8-19(17-23)16-22-14-15-34-27(22)28-29-25(20-9-3-1-4-10-20)26(33-28)21-11-5-2-6-12-21/h1-13,17,22,27H,14-16,18H2,(H,30,31)/p-1. The van der Waals surface area contributed by atoms with E-state index in [1.54, 1.807) is 6.07 Å². The third-order valence-corrected chi connectivity index (χ3v) is 7.35. The van der Waals surface area contributed by atoms with E-state index in [4.69, 9.17) is 14.1 Å². The normalized spacial score (nSPS) is 17.5. The van der Waals surface area contributed by atoms with Crippen LogP contribution in [-0.4, -0.2) is 23.3 Å². The first-order chi connectivity index (χ1) is 16.7. The summed E-state index contributed by atoms with van der Waals surface area (Å²) in [5.74, 6) is 2.26. The summed E-state index contributed by atoms with van der Waals surface area (Å²) in [6.45, 7) is -0.452. The van der Waals surface area contributed by atoms with Crippen LogP contribution in [0.5, 0.6) is 5.75 Å². The van der Waals surface area contributed by atoms with Gasteiger partial charge in [0.15, 0.2) is 5.76 Å². The molecule has 0 N–H and O–H groups in total. The summed E-state index contributed by atoms with van der Waals surface area (Å²) in [4.78, 5) is 15.7. The van der Waals surface area contributed by atoms with Crippen molar-refractivity contribution in [3.8, 4) is 28.3 Å². The number of thioether (sulfide) groups is 1. The molecular weight excluding hydrogens is 446 g/mol. The minimum absolute atomic E-state index is 0.146. The van der Waals surface area contributed by atoms with Crippen LogP contribution in [0.3, 0.4) is 0 Å². The molecule has 0 aliphatic carbocycles. The van der Waals surface area contributed by atoms with Gasteiger partial charge >= 0.3 is 0 Å². The summed E-state index contributed by atoms with van der Waals surface area (Å²) in [6.07, 6.45) is 1.90. The van der Waals surface area contributed by atoms with Gasteiger partial charge in [0.1, 0.15) is 18.1 Å². The van der Waals surface area contributed by atoms with E-state index in [0.29, 0.717) is 11.7 Å². The summed E-state index contributed by atoms with van der Waals surface area (Å²) in [5.41, 5.74) is 4.02. The van der Waals surface area contributed by atoms with Gasteiger partial charge in [0, 0.05) is 11.1 Å². The number of hydrogen-bond acceptors (Lipinski definition) is 6. The number of benzene rings is 3. The van der Waals surface area contributed by atoms with Gasteiger partial charge in [0.05, 0.1) is 11.2 Å². The van der Waals surface area contributed by atoms with Crippen molar-refractivity contribution in [2.24, 2.45) is 5.92 Å². The van der Waals surface area contributed by atoms with Crippen molar-refractivity contribution in [2.45, 2.75) is 18.1 Å². The van der Waals surface area contributed by atoms with Crippen LogP contribution in [0.15, 0.2) is 89.3 Å². The van der Waals surface area contributed by atoms with Crippen molar-refractivity contribution in [1.82, 2.24) is 4.98 Å². The van der Waals surface area contributed by atoms with Gasteiger partial charge < -0.3 is 19.1 Å². The molecule has 0 bridgehead atoms. The van der Waals surface area contributed by atoms with Crippen molar-refractivity contribution >= 4 is 17.7 Å². The molecule has 1 fully saturated rings. The minimum atomic E-state index is -1.23. The van der Waals surface area contributed by atoms with Crippen LogP contribution in [0.2, 0.25) is 0 Å². The first-order valence-electron chi connectivity index (χ1n) is 11.3. The fourth-order valence-electron chi connectivity index (χ4n) is 4.36. The molecule has 0 saturated carbocycles. The van der Waals surface area contributed by atoms with Gasteiger partial charge in [-0.1, -0.05) is 72.8 Å². The second-order valence-corrected chi connectivity index (χ2v) is 9.56. The molecule has 5 nitrogen and oxygen atoms in total. The molecule has 3 aromatic carbocycles. The lowest BCUT2D eigenvalue weighted by atomic mass is 9.93. The summed E-state index contributed by atoms with van der Waals surface area (Å²) >= 11 is 1.88. The van der Waals surface area contributed by atoms with Gasteiger partial charge in [-0.2, -0.15) is 0 Å². The Hall–Kier alpha value is -3.51. The molecule has 2 heterocycles. The summed E-state index contributed by atoms with van der Waals surface area (Å²) in [7, 11) is 0. The number of oxazole rings is 1. The summed E-state index contributed by atoms with van der Waals surface area (Å²) in [5, 5.41) is 10.9. The average Bonchev–Trinajstić information content (AvgIpc) is 3.51. The molecule has 5 rings (SSSR count). The van der Waals surface area contributed by atoms with Crippen LogP contribution in [-0.2, 0) is 11.2 Å². The Kier molecular flexibility index (Phi) is 6.67. The van der Waals surface area contributed by atoms with E-state index in [9.17, 15) is 9.90 Å². The Balaban J connectivity index is 1.43. The molecule has 34 heavy (non-hydrogen) atoms. The average molecular weight is 471 g/mol. The quantitative estimate of drug-likeness (QED) is 0.353. The third kappa shape index (κ3) is 5.02. The van der Waals surface area contributed by atoms with Gasteiger partial charge in [-0.25, -0.2) is 4.98 Å². The predicted molar refractivity (Wildman–Crippen MR) is 131 cm³/mol. The van der Waals surface area contributed by atoms with Crippen molar-refractivity contribution in [1.29, 1.82) is 0 Å². The molecule has 1 aliphatic rings. The highest BCUT2D eigenvalue weighted by molar-refractivity contribution is 7.99. The SMILES string of the molecule is O=C([O-])COc1cccc(CC2CCSC2c2nc(-c3ccccc3)c(-c3ccccc3)o2)c1. The number of hydrogen-bond donors (Lipinski definition) is 0. The van der Waals surface area contributed by atoms with Gasteiger partial charge in [-0.3, -0.25) is 0 Å². The smallest absolute Gasteiger partial charge is 0.208 e. The molecule has 172 valence electrons. The van der Waals surface area contributed by atoms with Crippen molar-refractivity contribution < 1.29 is 19.1 Å². The molecule has 1 aliphatic heterocycles. The van der Waals surface area contributed by atoms with E-state index in [1.807, 2.05) is 78.5 Å². The van der Waals surface area contributed by atoms with E-state index >= 15 is 0 Å². The molecule has 2 atom stereocenters. The fourth-order valence-corrected chi connectivity index (χ4v) is 5.80. The number of carboxylic acids is 1. The van der Waals surface area contributed by atoms with Crippen molar-refractivity contribution in [3.63, 3.8) is 0 Å². The second kappa shape index (κ2) is 10.2. The predicted octanol–water partition coefficient (Wildman–Crippen LogP) is 5.17. The highest BCUT2D eigenvalue weighted by Gasteiger charge is 2.34. The first-order valence-corrected chi connectivity index (χ1v) is 12.4. The number of rotatable bonds is 8. The topological polar surface area (TPSA) is 75.4 Å². The molecule has 4 aromatic rings. The first kappa shape index (κ1) is 22.3. The van der Waals surface area contributed by atoms with Crippen LogP contribution in [0.25, 0.3) is 22.6 Å². The number of carbonyl (C=O) groups excluding carboxylic acids is 1. The Morgan fingerprint density at radius 1 is 1.00 bits per heavy atom. The Morgan fingerprint density at radius 2 is 1.74 bits per heavy atom. The maximum Gasteiger partial charge on any atom is 0.208 e. The maximum absolute atomic E-state index is 10.7. The van der Waals surface area contributed by atoms with E-state index in [0.717, 1.165) is 52.6 Å². The molecule has 0 spiro atoms. The maximum atomic E-state index is 10.7. The van der Waals surface area contributed by atoms with E-state index in [2.05, 4.69) is 12.1 Å². The molecule has 0 radical (unpaired) electrons. The van der Waals surface area contributed by atoms with Gasteiger partial charge in [0.25, 0.3) is 0 Å². The lowest BCUT2D eigenvalue weighted by Gasteiger charge is -2.16. The Labute approximate surface area is 202 Å². The van der Waals surface area contributed by atoms with E-state index < -0.39 is 12.6 Å². The van der Waals surface area contributed by atoms with Crippen LogP contribution in [0.4, 0.5) is 0 Å². The fraction of sp³-hybridized carbons (Fsp3) is 0.214. The number of carbonyl (C=O) groups is 1. The zero-order chi connectivity index (χ0) is 23.3. The van der Waals surface area contributed by atoms with Crippen molar-refractivity contribution in [3.05, 3.63) is 96.4 Å². The number of aromatic nitrogens is 1. The summed E-state index contributed by atoms with van der Waals surface area (Å²) < 4.78 is 11.8. The molecule has 6 heteroatoms. The molecule has 2 unspecified atom stereocenters. The minimum Gasteiger partial charge on any atom is -0.546 e. The third-order valence-electron chi connectivity index (χ3n) is 5.94. The number of aliphatic carboxylic acids is 1. The Morgan fingerprint density at radius 3 is 2.47 bits per heavy atom. The van der Waals surface area contributed by atoms with E-state index in [1.165, 1.54) is 0 Å². The molecule has 1 saturated heterocycles. The van der Waals surface area contributed by atoms with Gasteiger partial charge in [-0.15, -0.1) is 11.8 Å². The largest absolute Gasteiger partial charge is 0.546 e. The van der Waals surface area contributed by atoms with Gasteiger partial charge in [-0.05, 0) is 42.2 Å². The lowest BCUT2D eigenvalue weighted by molar-refractivity contribution is -0.307. The Bertz CT molecular complexity index is 1200. The number of ether oxygens (including phenoxy) is 1. The van der Waals surface area contributed by atoms with Crippen LogP contribution in [0.1, 0.15) is 23.1 Å². The highest BCUT2D eigenvalue weighted by Crippen LogP contribution is 2.48. The zero-order valence-electron chi connectivity index (χ0n) is 18.6.